The number of hydrogen-bond donors (Lipinski definition) is 1. The lowest BCUT2D eigenvalue weighted by molar-refractivity contribution is -0.105. The predicted octanol–water partition coefficient (Wildman–Crippen LogP) is 3.51. The highest BCUT2D eigenvalue weighted by Crippen LogP contribution is 2.31. The monoisotopic (exact) mass is 345 g/mol. The van der Waals surface area contributed by atoms with Crippen molar-refractivity contribution in [2.45, 2.75) is 44.9 Å². The smallest absolute Gasteiger partial charge is 0.165 e. The van der Waals surface area contributed by atoms with Gasteiger partial charge < -0.3 is 14.8 Å². The van der Waals surface area contributed by atoms with Gasteiger partial charge in [-0.25, -0.2) is 4.39 Å². The van der Waals surface area contributed by atoms with Gasteiger partial charge in [0, 0.05) is 23.5 Å². The van der Waals surface area contributed by atoms with E-state index in [1.165, 1.54) is 6.07 Å². The largest absolute Gasteiger partial charge is 0.484 e. The molecule has 5 heteroatoms. The normalized spacial score (nSPS) is 25.3. The molecule has 0 aliphatic heterocycles. The van der Waals surface area contributed by atoms with E-state index in [9.17, 15) is 4.39 Å². The van der Waals surface area contributed by atoms with Crippen LogP contribution in [0.4, 0.5) is 4.39 Å². The molecule has 0 heterocycles. The van der Waals surface area contributed by atoms with Gasteiger partial charge in [-0.1, -0.05) is 22.9 Å². The fourth-order valence-corrected chi connectivity index (χ4v) is 2.71. The Morgan fingerprint density at radius 2 is 2.20 bits per heavy atom. The lowest BCUT2D eigenvalue weighted by atomic mass is 9.85. The van der Waals surface area contributed by atoms with Crippen LogP contribution < -0.4 is 10.1 Å². The van der Waals surface area contributed by atoms with Gasteiger partial charge in [0.05, 0.1) is 0 Å². The molecule has 20 heavy (non-hydrogen) atoms. The van der Waals surface area contributed by atoms with Crippen molar-refractivity contribution in [2.75, 3.05) is 13.2 Å². The van der Waals surface area contributed by atoms with Crippen LogP contribution in [0, 0.1) is 5.82 Å². The molecule has 2 rings (SSSR count). The van der Waals surface area contributed by atoms with E-state index in [0.717, 1.165) is 23.9 Å². The van der Waals surface area contributed by atoms with Gasteiger partial charge in [0.15, 0.2) is 11.6 Å². The van der Waals surface area contributed by atoms with Gasteiger partial charge in [-0.3, -0.25) is 0 Å². The van der Waals surface area contributed by atoms with E-state index in [1.807, 2.05) is 6.92 Å². The van der Waals surface area contributed by atoms with Crippen LogP contribution in [0.1, 0.15) is 26.7 Å². The molecule has 0 amide bonds. The van der Waals surface area contributed by atoms with Crippen LogP contribution in [0.15, 0.2) is 22.7 Å². The van der Waals surface area contributed by atoms with Gasteiger partial charge >= 0.3 is 0 Å². The summed E-state index contributed by atoms with van der Waals surface area (Å²) in [5.41, 5.74) is 0. The Bertz CT molecular complexity index is 444. The van der Waals surface area contributed by atoms with Gasteiger partial charge in [-0.15, -0.1) is 0 Å². The first kappa shape index (κ1) is 15.7. The molecule has 0 bridgehead atoms. The van der Waals surface area contributed by atoms with E-state index in [4.69, 9.17) is 9.47 Å². The molecule has 0 radical (unpaired) electrons. The average Bonchev–Trinajstić information content (AvgIpc) is 2.43. The molecule has 1 N–H and O–H groups in total. The molecule has 1 aliphatic carbocycles. The van der Waals surface area contributed by atoms with Crippen molar-refractivity contribution in [3.63, 3.8) is 0 Å². The average molecular weight is 346 g/mol. The maximum Gasteiger partial charge on any atom is 0.165 e. The lowest BCUT2D eigenvalue weighted by Crippen LogP contribution is -2.61. The van der Waals surface area contributed by atoms with Crippen molar-refractivity contribution in [1.82, 2.24) is 5.32 Å². The summed E-state index contributed by atoms with van der Waals surface area (Å²) in [5, 5.41) is 3.44. The van der Waals surface area contributed by atoms with Gasteiger partial charge in [-0.2, -0.15) is 0 Å². The second-order valence-electron chi connectivity index (χ2n) is 4.95. The van der Waals surface area contributed by atoms with Crippen LogP contribution in [-0.4, -0.2) is 31.4 Å². The Balaban J connectivity index is 1.97. The summed E-state index contributed by atoms with van der Waals surface area (Å²) >= 11 is 3.33. The molecule has 0 aromatic heterocycles. The molecule has 3 atom stereocenters. The van der Waals surface area contributed by atoms with Crippen LogP contribution in [-0.2, 0) is 4.74 Å². The molecule has 3 unspecified atom stereocenters. The van der Waals surface area contributed by atoms with Crippen LogP contribution in [0.5, 0.6) is 5.75 Å². The van der Waals surface area contributed by atoms with E-state index in [1.54, 1.807) is 12.1 Å². The summed E-state index contributed by atoms with van der Waals surface area (Å²) in [7, 11) is 0. The third-order valence-electron chi connectivity index (χ3n) is 3.44. The van der Waals surface area contributed by atoms with Crippen molar-refractivity contribution in [1.29, 1.82) is 0 Å². The molecular weight excluding hydrogens is 325 g/mol. The van der Waals surface area contributed by atoms with Crippen molar-refractivity contribution >= 4 is 15.9 Å². The van der Waals surface area contributed by atoms with Crippen LogP contribution in [0.3, 0.4) is 0 Å². The number of hydrogen-bond acceptors (Lipinski definition) is 3. The highest BCUT2D eigenvalue weighted by molar-refractivity contribution is 9.10. The van der Waals surface area contributed by atoms with Gasteiger partial charge in [0.2, 0.25) is 0 Å². The number of halogens is 2. The first-order chi connectivity index (χ1) is 9.65. The molecule has 1 aliphatic rings. The first-order valence-corrected chi connectivity index (χ1v) is 7.91. The van der Waals surface area contributed by atoms with Crippen molar-refractivity contribution < 1.29 is 13.9 Å². The summed E-state index contributed by atoms with van der Waals surface area (Å²) in [6.45, 7) is 5.69. The molecule has 112 valence electrons. The van der Waals surface area contributed by atoms with Crippen molar-refractivity contribution in [2.24, 2.45) is 0 Å². The molecule has 1 saturated carbocycles. The number of rotatable bonds is 7. The van der Waals surface area contributed by atoms with Crippen LogP contribution in [0.2, 0.25) is 0 Å². The Morgan fingerprint density at radius 1 is 1.40 bits per heavy atom. The van der Waals surface area contributed by atoms with E-state index >= 15 is 0 Å². The SMILES string of the molecule is CCCNC1CC(Oc2cc(Br)ccc2F)C1OCC. The van der Waals surface area contributed by atoms with Crippen molar-refractivity contribution in [3.8, 4) is 5.75 Å². The number of benzene rings is 1. The van der Waals surface area contributed by atoms with Crippen LogP contribution >= 0.6 is 15.9 Å². The number of nitrogens with one attached hydrogen (secondary N) is 1. The summed E-state index contributed by atoms with van der Waals surface area (Å²) in [4.78, 5) is 0. The molecule has 0 saturated heterocycles. The molecule has 1 fully saturated rings. The summed E-state index contributed by atoms with van der Waals surface area (Å²) in [5.74, 6) is -0.0589. The zero-order valence-electron chi connectivity index (χ0n) is 11.9. The number of ether oxygens (including phenoxy) is 2. The molecule has 1 aromatic carbocycles. The second kappa shape index (κ2) is 7.38. The molecular formula is C15H21BrFNO2. The maximum absolute atomic E-state index is 13.7. The molecule has 0 spiro atoms. The summed E-state index contributed by atoms with van der Waals surface area (Å²) < 4.78 is 26.0. The van der Waals surface area contributed by atoms with Crippen LogP contribution in [0.25, 0.3) is 0 Å². The van der Waals surface area contributed by atoms with Gasteiger partial charge in [-0.05, 0) is 38.1 Å². The third kappa shape index (κ3) is 3.71. The van der Waals surface area contributed by atoms with Gasteiger partial charge in [0.25, 0.3) is 0 Å². The van der Waals surface area contributed by atoms with E-state index in [0.29, 0.717) is 12.6 Å². The minimum atomic E-state index is -0.339. The zero-order valence-corrected chi connectivity index (χ0v) is 13.5. The van der Waals surface area contributed by atoms with Gasteiger partial charge in [0.1, 0.15) is 12.2 Å². The lowest BCUT2D eigenvalue weighted by Gasteiger charge is -2.44. The topological polar surface area (TPSA) is 30.5 Å². The fourth-order valence-electron chi connectivity index (χ4n) is 2.37. The predicted molar refractivity (Wildman–Crippen MR) is 80.6 cm³/mol. The third-order valence-corrected chi connectivity index (χ3v) is 3.93. The Hall–Kier alpha value is -0.650. The zero-order chi connectivity index (χ0) is 14.5. The first-order valence-electron chi connectivity index (χ1n) is 7.12. The minimum Gasteiger partial charge on any atom is -0.484 e. The second-order valence-corrected chi connectivity index (χ2v) is 5.86. The maximum atomic E-state index is 13.7. The molecule has 3 nitrogen and oxygen atoms in total. The Labute approximate surface area is 128 Å². The van der Waals surface area contributed by atoms with E-state index in [-0.39, 0.29) is 23.8 Å². The highest BCUT2D eigenvalue weighted by atomic mass is 79.9. The van der Waals surface area contributed by atoms with E-state index in [2.05, 4.69) is 28.2 Å². The minimum absolute atomic E-state index is 0.00932. The Morgan fingerprint density at radius 3 is 2.90 bits per heavy atom. The molecule has 1 aromatic rings. The quantitative estimate of drug-likeness (QED) is 0.820. The Kier molecular flexibility index (Phi) is 5.81. The fraction of sp³-hybridized carbons (Fsp3) is 0.600. The highest BCUT2D eigenvalue weighted by Gasteiger charge is 2.43. The summed E-state index contributed by atoms with van der Waals surface area (Å²) in [6.07, 6.45) is 1.83. The standard InChI is InChI=1S/C15H21BrFNO2/c1-3-7-18-12-9-14(15(12)19-4-2)20-13-8-10(16)5-6-11(13)17/h5-6,8,12,14-15,18H,3-4,7,9H2,1-2H3. The summed E-state index contributed by atoms with van der Waals surface area (Å²) in [6, 6.07) is 5.02. The van der Waals surface area contributed by atoms with E-state index < -0.39 is 0 Å². The van der Waals surface area contributed by atoms with Crippen molar-refractivity contribution in [3.05, 3.63) is 28.5 Å².